The molecule has 0 bridgehead atoms. The first kappa shape index (κ1) is 17.6. The molecule has 7 heteroatoms. The summed E-state index contributed by atoms with van der Waals surface area (Å²) >= 11 is 0. The predicted molar refractivity (Wildman–Crippen MR) is 121 cm³/mol. The second kappa shape index (κ2) is 6.63. The van der Waals surface area contributed by atoms with E-state index >= 15 is 0 Å². The fourth-order valence-electron chi connectivity index (χ4n) is 4.19. The van der Waals surface area contributed by atoms with Crippen molar-refractivity contribution in [2.45, 2.75) is 13.8 Å². The molecule has 0 saturated heterocycles. The molecule has 6 aromatic rings. The third-order valence-corrected chi connectivity index (χ3v) is 5.71. The maximum atomic E-state index is 4.86. The molecule has 31 heavy (non-hydrogen) atoms. The molecule has 7 nitrogen and oxygen atoms in total. The Labute approximate surface area is 177 Å². The van der Waals surface area contributed by atoms with Crippen molar-refractivity contribution < 1.29 is 0 Å². The average Bonchev–Trinajstić information content (AvgIpc) is 3.52. The van der Waals surface area contributed by atoms with E-state index in [9.17, 15) is 0 Å². The highest BCUT2D eigenvalue weighted by Crippen LogP contribution is 2.37. The second-order valence-electron chi connectivity index (χ2n) is 7.73. The first-order valence-electron chi connectivity index (χ1n) is 10.1. The zero-order chi connectivity index (χ0) is 20.9. The van der Waals surface area contributed by atoms with Gasteiger partial charge in [-0.3, -0.25) is 10.2 Å². The van der Waals surface area contributed by atoms with Gasteiger partial charge in [0.1, 0.15) is 16.9 Å². The minimum Gasteiger partial charge on any atom is -0.338 e. The number of aryl methyl sites for hydroxylation is 2. The molecule has 0 atom stereocenters. The van der Waals surface area contributed by atoms with Gasteiger partial charge in [-0.2, -0.15) is 10.2 Å². The fraction of sp³-hybridized carbons (Fsp3) is 0.0833. The summed E-state index contributed by atoms with van der Waals surface area (Å²) in [5.41, 5.74) is 10.7. The van der Waals surface area contributed by atoms with Crippen LogP contribution in [0.4, 0.5) is 0 Å². The Bertz CT molecular complexity index is 1550. The molecule has 0 aliphatic rings. The molecule has 0 spiro atoms. The number of pyridine rings is 2. The monoisotopic (exact) mass is 405 g/mol. The fourth-order valence-corrected chi connectivity index (χ4v) is 4.19. The van der Waals surface area contributed by atoms with Gasteiger partial charge in [-0.15, -0.1) is 0 Å². The second-order valence-corrected chi connectivity index (χ2v) is 7.73. The van der Waals surface area contributed by atoms with Crippen molar-refractivity contribution in [2.24, 2.45) is 0 Å². The zero-order valence-corrected chi connectivity index (χ0v) is 17.1. The summed E-state index contributed by atoms with van der Waals surface area (Å²) < 4.78 is 0. The van der Waals surface area contributed by atoms with Crippen LogP contribution in [0.3, 0.4) is 0 Å². The van der Waals surface area contributed by atoms with Crippen LogP contribution in [0.5, 0.6) is 0 Å². The number of aromatic amines is 3. The number of nitrogens with zero attached hydrogens (tertiary/aromatic N) is 4. The van der Waals surface area contributed by atoms with Crippen LogP contribution in [0.2, 0.25) is 0 Å². The van der Waals surface area contributed by atoms with Gasteiger partial charge in [-0.1, -0.05) is 29.8 Å². The lowest BCUT2D eigenvalue weighted by atomic mass is 9.99. The molecule has 0 aliphatic carbocycles. The maximum Gasteiger partial charge on any atom is 0.138 e. The minimum absolute atomic E-state index is 0.783. The number of hydrogen-bond acceptors (Lipinski definition) is 4. The van der Waals surface area contributed by atoms with E-state index in [-0.39, 0.29) is 0 Å². The number of H-pyrrole nitrogens is 3. The highest BCUT2D eigenvalue weighted by atomic mass is 15.1. The molecule has 150 valence electrons. The lowest BCUT2D eigenvalue weighted by molar-refractivity contribution is 1.09. The molecule has 5 heterocycles. The van der Waals surface area contributed by atoms with Gasteiger partial charge in [-0.25, -0.2) is 9.97 Å². The topological polar surface area (TPSA) is 98.9 Å². The molecule has 3 N–H and O–H groups in total. The maximum absolute atomic E-state index is 4.86. The van der Waals surface area contributed by atoms with Gasteiger partial charge in [0, 0.05) is 23.3 Å². The summed E-state index contributed by atoms with van der Waals surface area (Å²) in [6.45, 7) is 4.21. The Morgan fingerprint density at radius 3 is 2.74 bits per heavy atom. The van der Waals surface area contributed by atoms with Crippen molar-refractivity contribution in [3.63, 3.8) is 0 Å². The summed E-state index contributed by atoms with van der Waals surface area (Å²) in [6, 6.07) is 14.6. The molecule has 0 saturated carbocycles. The van der Waals surface area contributed by atoms with Crippen molar-refractivity contribution in [3.8, 4) is 33.8 Å². The molecule has 5 aromatic heterocycles. The van der Waals surface area contributed by atoms with Crippen LogP contribution in [0, 0.1) is 13.8 Å². The van der Waals surface area contributed by atoms with Gasteiger partial charge in [0.05, 0.1) is 23.1 Å². The van der Waals surface area contributed by atoms with Crippen LogP contribution >= 0.6 is 0 Å². The van der Waals surface area contributed by atoms with Crippen LogP contribution < -0.4 is 0 Å². The Balaban J connectivity index is 1.57. The number of fused-ring (bicyclic) bond motifs is 2. The highest BCUT2D eigenvalue weighted by Gasteiger charge is 2.19. The van der Waals surface area contributed by atoms with Crippen LogP contribution in [0.1, 0.15) is 11.1 Å². The third-order valence-electron chi connectivity index (χ3n) is 5.71. The SMILES string of the molecule is Cc1cccc(-c2ccnc3[nH]c(-c4n[nH]c5ccc(-c6cn[nH]c6)nc45)c(C)c23)c1. The highest BCUT2D eigenvalue weighted by molar-refractivity contribution is 6.02. The number of hydrogen-bond donors (Lipinski definition) is 3. The number of nitrogens with one attached hydrogen (secondary N) is 3. The van der Waals surface area contributed by atoms with Crippen molar-refractivity contribution >= 4 is 22.1 Å². The van der Waals surface area contributed by atoms with Gasteiger partial charge in [-0.05, 0) is 48.7 Å². The molecule has 6 rings (SSSR count). The van der Waals surface area contributed by atoms with E-state index < -0.39 is 0 Å². The van der Waals surface area contributed by atoms with Crippen LogP contribution in [0.15, 0.2) is 61.1 Å². The Hall–Kier alpha value is -4.26. The van der Waals surface area contributed by atoms with Gasteiger partial charge in [0.2, 0.25) is 0 Å². The number of rotatable bonds is 3. The molecule has 1 aromatic carbocycles. The lowest BCUT2D eigenvalue weighted by Gasteiger charge is -2.05. The number of aromatic nitrogens is 7. The molecule has 0 amide bonds. The smallest absolute Gasteiger partial charge is 0.138 e. The molecule has 0 fully saturated rings. The summed E-state index contributed by atoms with van der Waals surface area (Å²) in [7, 11) is 0. The van der Waals surface area contributed by atoms with E-state index in [0.29, 0.717) is 0 Å². The van der Waals surface area contributed by atoms with Crippen molar-refractivity contribution in [1.82, 2.24) is 35.3 Å². The minimum atomic E-state index is 0.783. The van der Waals surface area contributed by atoms with Crippen LogP contribution in [-0.4, -0.2) is 35.3 Å². The zero-order valence-electron chi connectivity index (χ0n) is 17.1. The van der Waals surface area contributed by atoms with Crippen molar-refractivity contribution in [2.75, 3.05) is 0 Å². The summed E-state index contributed by atoms with van der Waals surface area (Å²) in [5.74, 6) is 0. The van der Waals surface area contributed by atoms with Crippen molar-refractivity contribution in [1.29, 1.82) is 0 Å². The predicted octanol–water partition coefficient (Wildman–Crippen LogP) is 5.18. The molecule has 0 radical (unpaired) electrons. The summed E-state index contributed by atoms with van der Waals surface area (Å²) in [5, 5.41) is 15.7. The summed E-state index contributed by atoms with van der Waals surface area (Å²) in [4.78, 5) is 12.9. The molecule has 0 aliphatic heterocycles. The molecule has 0 unspecified atom stereocenters. The van der Waals surface area contributed by atoms with E-state index in [4.69, 9.17) is 4.98 Å². The lowest BCUT2D eigenvalue weighted by Crippen LogP contribution is -1.86. The standard InChI is InChI=1S/C24H19N7/c1-13-4-3-5-15(10-13)17-8-9-25-24-20(17)14(2)21(29-24)23-22-19(30-31-23)7-6-18(28-22)16-11-26-27-12-16/h3-12H,1-2H3,(H,25,29)(H,26,27)(H,30,31). The van der Waals surface area contributed by atoms with Crippen LogP contribution in [0.25, 0.3) is 55.8 Å². The molecular formula is C24H19N7. The molecular weight excluding hydrogens is 386 g/mol. The Morgan fingerprint density at radius 2 is 1.90 bits per heavy atom. The van der Waals surface area contributed by atoms with E-state index in [1.807, 2.05) is 24.5 Å². The normalized spacial score (nSPS) is 11.5. The third kappa shape index (κ3) is 2.74. The number of benzene rings is 1. The average molecular weight is 405 g/mol. The largest absolute Gasteiger partial charge is 0.338 e. The van der Waals surface area contributed by atoms with Gasteiger partial charge in [0.15, 0.2) is 0 Å². The first-order valence-corrected chi connectivity index (χ1v) is 10.1. The van der Waals surface area contributed by atoms with Crippen LogP contribution in [-0.2, 0) is 0 Å². The van der Waals surface area contributed by atoms with Gasteiger partial charge >= 0.3 is 0 Å². The quantitative estimate of drug-likeness (QED) is 0.378. The van der Waals surface area contributed by atoms with E-state index in [2.05, 4.69) is 74.5 Å². The van der Waals surface area contributed by atoms with Crippen molar-refractivity contribution in [3.05, 3.63) is 72.2 Å². The summed E-state index contributed by atoms with van der Waals surface area (Å²) in [6.07, 6.45) is 5.44. The van der Waals surface area contributed by atoms with E-state index in [0.717, 1.165) is 55.8 Å². The van der Waals surface area contributed by atoms with Gasteiger partial charge < -0.3 is 4.98 Å². The Morgan fingerprint density at radius 1 is 0.968 bits per heavy atom. The van der Waals surface area contributed by atoms with E-state index in [1.54, 1.807) is 6.20 Å². The Kier molecular flexibility index (Phi) is 3.76. The van der Waals surface area contributed by atoms with Gasteiger partial charge in [0.25, 0.3) is 0 Å². The first-order chi connectivity index (χ1) is 15.2. The van der Waals surface area contributed by atoms with E-state index in [1.165, 1.54) is 11.1 Å².